The quantitative estimate of drug-likeness (QED) is 0.636. The van der Waals surface area contributed by atoms with Gasteiger partial charge < -0.3 is 10.6 Å². The number of nitrogens with two attached hydrogens (primary N) is 1. The second-order valence-electron chi connectivity index (χ2n) is 5.31. The lowest BCUT2D eigenvalue weighted by Gasteiger charge is -2.18. The number of benzene rings is 1. The largest absolute Gasteiger partial charge is 0.379 e. The van der Waals surface area contributed by atoms with Crippen molar-refractivity contribution in [1.82, 2.24) is 4.90 Å². The van der Waals surface area contributed by atoms with E-state index in [-0.39, 0.29) is 18.2 Å². The van der Waals surface area contributed by atoms with Gasteiger partial charge in [-0.1, -0.05) is 43.3 Å². The standard InChI is InChI=1S/C15H21ClFN3OS/c1-10(2)7-19-15(18)22-9-14(21)20(3)8-11-12(16)5-4-6-13(11)17/h4-6,10H,7-9H2,1-3H3,(H2,18,19). The van der Waals surface area contributed by atoms with E-state index in [9.17, 15) is 9.18 Å². The third-order valence-electron chi connectivity index (χ3n) is 2.84. The average Bonchev–Trinajstić information content (AvgIpc) is 2.46. The fourth-order valence-electron chi connectivity index (χ4n) is 1.57. The summed E-state index contributed by atoms with van der Waals surface area (Å²) in [4.78, 5) is 17.6. The Labute approximate surface area is 139 Å². The Morgan fingerprint density at radius 3 is 2.77 bits per heavy atom. The molecule has 122 valence electrons. The molecule has 0 heterocycles. The van der Waals surface area contributed by atoms with Crippen molar-refractivity contribution < 1.29 is 9.18 Å². The Balaban J connectivity index is 2.54. The number of hydrogen-bond donors (Lipinski definition) is 1. The van der Waals surface area contributed by atoms with Gasteiger partial charge in [0.15, 0.2) is 5.17 Å². The Bertz CT molecular complexity index is 531. The number of amidine groups is 1. The first-order chi connectivity index (χ1) is 10.3. The predicted octanol–water partition coefficient (Wildman–Crippen LogP) is 3.14. The van der Waals surface area contributed by atoms with Crippen molar-refractivity contribution in [2.75, 3.05) is 19.3 Å². The first-order valence-corrected chi connectivity index (χ1v) is 8.27. The second-order valence-corrected chi connectivity index (χ2v) is 6.71. The van der Waals surface area contributed by atoms with Crippen LogP contribution in [0.15, 0.2) is 23.2 Å². The van der Waals surface area contributed by atoms with Gasteiger partial charge in [0, 0.05) is 30.7 Å². The van der Waals surface area contributed by atoms with Crippen LogP contribution in [0.2, 0.25) is 5.02 Å². The summed E-state index contributed by atoms with van der Waals surface area (Å²) in [6, 6.07) is 4.46. The van der Waals surface area contributed by atoms with Crippen LogP contribution in [0.5, 0.6) is 0 Å². The highest BCUT2D eigenvalue weighted by Gasteiger charge is 2.14. The molecule has 1 amide bonds. The minimum Gasteiger partial charge on any atom is -0.379 e. The van der Waals surface area contributed by atoms with Crippen LogP contribution in [-0.4, -0.2) is 35.3 Å². The minimum absolute atomic E-state index is 0.119. The molecule has 7 heteroatoms. The highest BCUT2D eigenvalue weighted by molar-refractivity contribution is 8.14. The van der Waals surface area contributed by atoms with Gasteiger partial charge >= 0.3 is 0 Å². The monoisotopic (exact) mass is 345 g/mol. The van der Waals surface area contributed by atoms with Crippen molar-refractivity contribution in [2.45, 2.75) is 20.4 Å². The molecule has 0 radical (unpaired) electrons. The molecule has 0 unspecified atom stereocenters. The van der Waals surface area contributed by atoms with Gasteiger partial charge in [-0.15, -0.1) is 0 Å². The van der Waals surface area contributed by atoms with E-state index in [4.69, 9.17) is 17.3 Å². The highest BCUT2D eigenvalue weighted by atomic mass is 35.5. The fourth-order valence-corrected chi connectivity index (χ4v) is 2.45. The van der Waals surface area contributed by atoms with Crippen LogP contribution < -0.4 is 5.73 Å². The molecule has 0 saturated carbocycles. The van der Waals surface area contributed by atoms with Gasteiger partial charge in [0.2, 0.25) is 5.91 Å². The number of nitrogens with zero attached hydrogens (tertiary/aromatic N) is 2. The number of halogens is 2. The first kappa shape index (κ1) is 18.8. The fraction of sp³-hybridized carbons (Fsp3) is 0.467. The summed E-state index contributed by atoms with van der Waals surface area (Å²) in [5.74, 6) is 0.00117. The van der Waals surface area contributed by atoms with Crippen LogP contribution in [0, 0.1) is 11.7 Å². The maximum absolute atomic E-state index is 13.7. The molecule has 0 spiro atoms. The lowest BCUT2D eigenvalue weighted by Crippen LogP contribution is -2.29. The summed E-state index contributed by atoms with van der Waals surface area (Å²) < 4.78 is 13.7. The Kier molecular flexibility index (Phi) is 7.68. The van der Waals surface area contributed by atoms with Crippen molar-refractivity contribution in [3.8, 4) is 0 Å². The molecule has 1 aromatic rings. The SMILES string of the molecule is CC(C)CN=C(N)SCC(=O)N(C)Cc1c(F)cccc1Cl. The van der Waals surface area contributed by atoms with Crippen molar-refractivity contribution in [3.63, 3.8) is 0 Å². The number of amides is 1. The molecular weight excluding hydrogens is 325 g/mol. The molecule has 22 heavy (non-hydrogen) atoms. The molecule has 0 atom stereocenters. The van der Waals surface area contributed by atoms with E-state index >= 15 is 0 Å². The van der Waals surface area contributed by atoms with Gasteiger partial charge in [0.05, 0.1) is 5.75 Å². The zero-order valence-electron chi connectivity index (χ0n) is 13.0. The molecule has 0 saturated heterocycles. The predicted molar refractivity (Wildman–Crippen MR) is 91.7 cm³/mol. The number of aliphatic imine (C=N–C) groups is 1. The summed E-state index contributed by atoms with van der Waals surface area (Å²) in [5.41, 5.74) is 6.04. The number of carbonyl (C=O) groups is 1. The van der Waals surface area contributed by atoms with Gasteiger partial charge in [-0.2, -0.15) is 0 Å². The molecule has 0 fully saturated rings. The Hall–Kier alpha value is -1.27. The molecule has 0 aliphatic carbocycles. The second kappa shape index (κ2) is 9.00. The normalized spacial score (nSPS) is 11.8. The molecule has 4 nitrogen and oxygen atoms in total. The zero-order valence-corrected chi connectivity index (χ0v) is 14.5. The highest BCUT2D eigenvalue weighted by Crippen LogP contribution is 2.20. The minimum atomic E-state index is -0.419. The van der Waals surface area contributed by atoms with Gasteiger partial charge in [-0.25, -0.2) is 4.39 Å². The summed E-state index contributed by atoms with van der Waals surface area (Å²) in [5, 5.41) is 0.699. The first-order valence-electron chi connectivity index (χ1n) is 6.90. The lowest BCUT2D eigenvalue weighted by atomic mass is 10.2. The molecule has 1 rings (SSSR count). The maximum Gasteiger partial charge on any atom is 0.233 e. The smallest absolute Gasteiger partial charge is 0.233 e. The van der Waals surface area contributed by atoms with Crippen molar-refractivity contribution in [3.05, 3.63) is 34.6 Å². The molecular formula is C15H21ClFN3OS. The molecule has 0 aliphatic rings. The number of thioether (sulfide) groups is 1. The third-order valence-corrected chi connectivity index (χ3v) is 4.01. The summed E-state index contributed by atoms with van der Waals surface area (Å²) in [7, 11) is 1.60. The van der Waals surface area contributed by atoms with E-state index in [0.29, 0.717) is 28.2 Å². The molecule has 0 aliphatic heterocycles. The van der Waals surface area contributed by atoms with Crippen LogP contribution in [0.3, 0.4) is 0 Å². The van der Waals surface area contributed by atoms with Gasteiger partial charge in [-0.05, 0) is 18.1 Å². The van der Waals surface area contributed by atoms with E-state index in [1.54, 1.807) is 13.1 Å². The lowest BCUT2D eigenvalue weighted by molar-refractivity contribution is -0.127. The van der Waals surface area contributed by atoms with Gasteiger partial charge in [-0.3, -0.25) is 9.79 Å². The van der Waals surface area contributed by atoms with Crippen LogP contribution in [0.4, 0.5) is 4.39 Å². The molecule has 2 N–H and O–H groups in total. The summed E-state index contributed by atoms with van der Waals surface area (Å²) in [6.45, 7) is 4.83. The van der Waals surface area contributed by atoms with Gasteiger partial charge in [0.1, 0.15) is 5.82 Å². The van der Waals surface area contributed by atoms with Crippen LogP contribution >= 0.6 is 23.4 Å². The van der Waals surface area contributed by atoms with Gasteiger partial charge in [0.25, 0.3) is 0 Å². The summed E-state index contributed by atoms with van der Waals surface area (Å²) in [6.07, 6.45) is 0. The number of rotatable bonds is 6. The van der Waals surface area contributed by atoms with E-state index in [1.165, 1.54) is 28.8 Å². The van der Waals surface area contributed by atoms with E-state index < -0.39 is 5.82 Å². The maximum atomic E-state index is 13.7. The van der Waals surface area contributed by atoms with Crippen LogP contribution in [0.25, 0.3) is 0 Å². The third kappa shape index (κ3) is 6.23. The van der Waals surface area contributed by atoms with E-state index in [1.807, 2.05) is 13.8 Å². The van der Waals surface area contributed by atoms with Crippen LogP contribution in [0.1, 0.15) is 19.4 Å². The number of hydrogen-bond acceptors (Lipinski definition) is 3. The van der Waals surface area contributed by atoms with Crippen LogP contribution in [-0.2, 0) is 11.3 Å². The Morgan fingerprint density at radius 1 is 1.50 bits per heavy atom. The molecule has 0 bridgehead atoms. The van der Waals surface area contributed by atoms with Crippen molar-refractivity contribution >= 4 is 34.4 Å². The zero-order chi connectivity index (χ0) is 16.7. The molecule has 0 aromatic heterocycles. The topological polar surface area (TPSA) is 58.7 Å². The number of carbonyl (C=O) groups excluding carboxylic acids is 1. The van der Waals surface area contributed by atoms with Crippen molar-refractivity contribution in [1.29, 1.82) is 0 Å². The van der Waals surface area contributed by atoms with Crippen molar-refractivity contribution in [2.24, 2.45) is 16.6 Å². The molecule has 1 aromatic carbocycles. The summed E-state index contributed by atoms with van der Waals surface area (Å²) >= 11 is 7.14. The van der Waals surface area contributed by atoms with E-state index in [0.717, 1.165) is 0 Å². The average molecular weight is 346 g/mol. The van der Waals surface area contributed by atoms with E-state index in [2.05, 4.69) is 4.99 Å². The Morgan fingerprint density at radius 2 is 2.18 bits per heavy atom.